The molecule has 4 rings (SSSR count). The monoisotopic (exact) mass is 338 g/mol. The number of carbonyl (C=O) groups excluding carboxylic acids is 1. The van der Waals surface area contributed by atoms with Gasteiger partial charge in [0.15, 0.2) is 10.8 Å². The van der Waals surface area contributed by atoms with Crippen LogP contribution in [0.15, 0.2) is 52.5 Å². The Morgan fingerprint density at radius 2 is 2.12 bits per heavy atom. The minimum atomic E-state index is 0.0377. The van der Waals surface area contributed by atoms with Gasteiger partial charge in [-0.3, -0.25) is 4.79 Å². The third-order valence-electron chi connectivity index (χ3n) is 4.34. The number of amides is 1. The van der Waals surface area contributed by atoms with Crippen LogP contribution in [-0.2, 0) is 24.1 Å². The Labute approximate surface area is 144 Å². The lowest BCUT2D eigenvalue weighted by Crippen LogP contribution is -2.39. The summed E-state index contributed by atoms with van der Waals surface area (Å²) in [5, 5.41) is 5.89. The Bertz CT molecular complexity index is 839. The average molecular weight is 338 g/mol. The van der Waals surface area contributed by atoms with Crippen LogP contribution in [0.3, 0.4) is 0 Å². The van der Waals surface area contributed by atoms with Gasteiger partial charge in [0.2, 0.25) is 5.91 Å². The lowest BCUT2D eigenvalue weighted by atomic mass is 9.88. The second-order valence-corrected chi connectivity index (χ2v) is 6.93. The molecule has 122 valence electrons. The van der Waals surface area contributed by atoms with Crippen molar-refractivity contribution in [3.63, 3.8) is 0 Å². The first kappa shape index (κ1) is 15.1. The van der Waals surface area contributed by atoms with Crippen molar-refractivity contribution in [2.45, 2.75) is 31.7 Å². The number of rotatable bonds is 4. The summed E-state index contributed by atoms with van der Waals surface area (Å²) >= 11 is 1.50. The fourth-order valence-corrected chi connectivity index (χ4v) is 3.95. The van der Waals surface area contributed by atoms with Crippen LogP contribution in [0, 0.1) is 0 Å². The first-order chi connectivity index (χ1) is 11.8. The van der Waals surface area contributed by atoms with Gasteiger partial charge in [0.25, 0.3) is 0 Å². The van der Waals surface area contributed by atoms with Gasteiger partial charge in [-0.15, -0.1) is 11.3 Å². The molecule has 0 aliphatic heterocycles. The predicted molar refractivity (Wildman–Crippen MR) is 93.9 cm³/mol. The van der Waals surface area contributed by atoms with Crippen molar-refractivity contribution in [3.8, 4) is 10.8 Å². The van der Waals surface area contributed by atoms with Gasteiger partial charge in [-0.25, -0.2) is 4.98 Å². The number of furan rings is 1. The number of carbonyl (C=O) groups is 1. The van der Waals surface area contributed by atoms with Crippen LogP contribution in [0.4, 0.5) is 0 Å². The molecule has 1 atom stereocenters. The van der Waals surface area contributed by atoms with Crippen molar-refractivity contribution in [2.24, 2.45) is 0 Å². The third-order valence-corrected chi connectivity index (χ3v) is 5.24. The Morgan fingerprint density at radius 3 is 2.96 bits per heavy atom. The van der Waals surface area contributed by atoms with Crippen LogP contribution >= 0.6 is 11.3 Å². The normalized spacial score (nSPS) is 16.6. The molecule has 1 amide bonds. The van der Waals surface area contributed by atoms with E-state index >= 15 is 0 Å². The van der Waals surface area contributed by atoms with E-state index in [0.717, 1.165) is 35.7 Å². The molecule has 3 aromatic rings. The van der Waals surface area contributed by atoms with E-state index < -0.39 is 0 Å². The van der Waals surface area contributed by atoms with E-state index in [-0.39, 0.29) is 11.9 Å². The Morgan fingerprint density at radius 1 is 1.25 bits per heavy atom. The summed E-state index contributed by atoms with van der Waals surface area (Å²) in [7, 11) is 0. The molecule has 0 spiro atoms. The zero-order valence-electron chi connectivity index (χ0n) is 13.2. The molecule has 1 aromatic carbocycles. The number of thiazole rings is 1. The van der Waals surface area contributed by atoms with Crippen LogP contribution in [0.2, 0.25) is 0 Å². The standard InChI is InChI=1S/C19H18N2O2S/c22-18(11-16-12-24-19(21-16)17-6-3-9-23-17)20-15-8-7-13-4-1-2-5-14(13)10-15/h1-6,9,12,15H,7-8,10-11H2,(H,20,22)/t15-/m0/s1. The highest BCUT2D eigenvalue weighted by molar-refractivity contribution is 7.13. The van der Waals surface area contributed by atoms with Crippen LogP contribution in [0.5, 0.6) is 0 Å². The van der Waals surface area contributed by atoms with Crippen molar-refractivity contribution in [1.29, 1.82) is 0 Å². The maximum absolute atomic E-state index is 12.3. The number of hydrogen-bond donors (Lipinski definition) is 1. The second kappa shape index (κ2) is 6.61. The topological polar surface area (TPSA) is 55.1 Å². The van der Waals surface area contributed by atoms with E-state index in [4.69, 9.17) is 4.42 Å². The smallest absolute Gasteiger partial charge is 0.226 e. The van der Waals surface area contributed by atoms with Crippen molar-refractivity contribution >= 4 is 17.2 Å². The van der Waals surface area contributed by atoms with Gasteiger partial charge in [0.05, 0.1) is 18.4 Å². The van der Waals surface area contributed by atoms with Gasteiger partial charge in [0, 0.05) is 11.4 Å². The van der Waals surface area contributed by atoms with Crippen molar-refractivity contribution in [2.75, 3.05) is 0 Å². The summed E-state index contributed by atoms with van der Waals surface area (Å²) in [6.45, 7) is 0. The van der Waals surface area contributed by atoms with Crippen LogP contribution in [0.1, 0.15) is 23.2 Å². The van der Waals surface area contributed by atoms with Crippen LogP contribution in [-0.4, -0.2) is 16.9 Å². The molecule has 0 radical (unpaired) electrons. The van der Waals surface area contributed by atoms with Crippen LogP contribution < -0.4 is 5.32 Å². The van der Waals surface area contributed by atoms with E-state index in [2.05, 4.69) is 34.6 Å². The fourth-order valence-electron chi connectivity index (χ4n) is 3.17. The fraction of sp³-hybridized carbons (Fsp3) is 0.263. The van der Waals surface area contributed by atoms with Crippen molar-refractivity contribution < 1.29 is 9.21 Å². The van der Waals surface area contributed by atoms with E-state index in [9.17, 15) is 4.79 Å². The van der Waals surface area contributed by atoms with E-state index in [1.165, 1.54) is 22.5 Å². The summed E-state index contributed by atoms with van der Waals surface area (Å²) in [4.78, 5) is 16.8. The SMILES string of the molecule is O=C(Cc1csc(-c2ccco2)n1)N[C@H]1CCc2ccccc2C1. The molecule has 4 nitrogen and oxygen atoms in total. The van der Waals surface area contributed by atoms with Crippen LogP contribution in [0.25, 0.3) is 10.8 Å². The molecule has 0 saturated carbocycles. The van der Waals surface area contributed by atoms with Gasteiger partial charge >= 0.3 is 0 Å². The van der Waals surface area contributed by atoms with Gasteiger partial charge in [-0.2, -0.15) is 0 Å². The van der Waals surface area contributed by atoms with Gasteiger partial charge in [0.1, 0.15) is 0 Å². The van der Waals surface area contributed by atoms with Crippen molar-refractivity contribution in [3.05, 3.63) is 64.9 Å². The number of nitrogens with one attached hydrogen (secondary N) is 1. The zero-order chi connectivity index (χ0) is 16.4. The number of nitrogens with zero attached hydrogens (tertiary/aromatic N) is 1. The molecule has 1 aliphatic rings. The van der Waals surface area contributed by atoms with Crippen molar-refractivity contribution in [1.82, 2.24) is 10.3 Å². The summed E-state index contributed by atoms with van der Waals surface area (Å²) in [6.07, 6.45) is 4.88. The van der Waals surface area contributed by atoms with Gasteiger partial charge in [-0.1, -0.05) is 24.3 Å². The maximum Gasteiger partial charge on any atom is 0.226 e. The summed E-state index contributed by atoms with van der Waals surface area (Å²) in [6, 6.07) is 12.4. The second-order valence-electron chi connectivity index (χ2n) is 6.07. The molecule has 1 aliphatic carbocycles. The quantitative estimate of drug-likeness (QED) is 0.790. The van der Waals surface area contributed by atoms with E-state index in [1.54, 1.807) is 6.26 Å². The molecule has 0 bridgehead atoms. The largest absolute Gasteiger partial charge is 0.462 e. The first-order valence-electron chi connectivity index (χ1n) is 8.12. The van der Waals surface area contributed by atoms with Gasteiger partial charge in [-0.05, 0) is 42.5 Å². The Kier molecular flexibility index (Phi) is 4.17. The molecular weight excluding hydrogens is 320 g/mol. The minimum Gasteiger partial charge on any atom is -0.462 e. The summed E-state index contributed by atoms with van der Waals surface area (Å²) in [5.41, 5.74) is 3.55. The Balaban J connectivity index is 1.36. The number of benzene rings is 1. The number of aryl methyl sites for hydroxylation is 1. The summed E-state index contributed by atoms with van der Waals surface area (Å²) in [5.74, 6) is 0.784. The summed E-state index contributed by atoms with van der Waals surface area (Å²) < 4.78 is 5.34. The maximum atomic E-state index is 12.3. The third kappa shape index (κ3) is 3.26. The predicted octanol–water partition coefficient (Wildman–Crippen LogP) is 3.62. The Hall–Kier alpha value is -2.40. The lowest BCUT2D eigenvalue weighted by Gasteiger charge is -2.25. The molecule has 2 aromatic heterocycles. The molecule has 24 heavy (non-hydrogen) atoms. The molecule has 0 fully saturated rings. The van der Waals surface area contributed by atoms with Gasteiger partial charge < -0.3 is 9.73 Å². The van der Waals surface area contributed by atoms with E-state index in [1.807, 2.05) is 17.5 Å². The highest BCUT2D eigenvalue weighted by Crippen LogP contribution is 2.24. The molecule has 0 unspecified atom stereocenters. The average Bonchev–Trinajstić information content (AvgIpc) is 3.26. The highest BCUT2D eigenvalue weighted by atomic mass is 32.1. The lowest BCUT2D eigenvalue weighted by molar-refractivity contribution is -0.121. The molecule has 0 saturated heterocycles. The van der Waals surface area contributed by atoms with E-state index in [0.29, 0.717) is 6.42 Å². The number of fused-ring (bicyclic) bond motifs is 1. The first-order valence-corrected chi connectivity index (χ1v) is 9.00. The molecule has 2 heterocycles. The highest BCUT2D eigenvalue weighted by Gasteiger charge is 2.20. The molecule has 5 heteroatoms. The minimum absolute atomic E-state index is 0.0377. The molecular formula is C19H18N2O2S. The number of aromatic nitrogens is 1. The molecule has 1 N–H and O–H groups in total. The number of hydrogen-bond acceptors (Lipinski definition) is 4. The zero-order valence-corrected chi connectivity index (χ0v) is 14.0.